The molecule has 1 heterocycles. The number of likely N-dealkylation sites (N-methyl/N-ethyl adjacent to an activating group) is 1. The van der Waals surface area contributed by atoms with Crippen molar-refractivity contribution in [2.45, 2.75) is 31.0 Å². The molecule has 0 unspecified atom stereocenters. The fourth-order valence-corrected chi connectivity index (χ4v) is 6.46. The van der Waals surface area contributed by atoms with Crippen LogP contribution in [0, 0.1) is 11.8 Å². The number of nitrogens with zero attached hydrogens (tertiary/aromatic N) is 2. The number of primary amides is 1. The van der Waals surface area contributed by atoms with Crippen LogP contribution in [0.2, 0.25) is 0 Å². The lowest BCUT2D eigenvalue weighted by atomic mass is 9.57. The molecule has 1 aromatic carbocycles. The first kappa shape index (κ1) is 25.4. The van der Waals surface area contributed by atoms with Gasteiger partial charge in [-0.1, -0.05) is 6.07 Å². The smallest absolute Gasteiger partial charge is 0.255 e. The Kier molecular flexibility index (Phi) is 6.14. The number of hydrogen-bond donors (Lipinski definition) is 5. The number of phenols is 1. The molecule has 11 nitrogen and oxygen atoms in total. The molecule has 198 valence electrons. The number of nitrogens with two attached hydrogens (primary N) is 1. The standard InChI is InChI=1S/C26H31N3O8/c1-28(2)20-15-10-13-9-14-12(11-29-5-7-37-8-6-29)3-4-16(30)18(14)21(31)17(13)23(33)26(15,36)24(34)19(22(20)32)25(27)35/h3-4,13,15,20,30-31,34,36H,5-11H2,1-2H3,(H2,27,35)/t13-,15-,20-,26-/m1/s1. The molecule has 6 N–H and O–H groups in total. The number of ether oxygens (including phenoxy) is 1. The van der Waals surface area contributed by atoms with Crippen LogP contribution in [0.15, 0.2) is 29.0 Å². The van der Waals surface area contributed by atoms with Crippen LogP contribution in [0.3, 0.4) is 0 Å². The largest absolute Gasteiger partial charge is 0.508 e. The summed E-state index contributed by atoms with van der Waals surface area (Å²) in [4.78, 5) is 42.8. The van der Waals surface area contributed by atoms with Crippen molar-refractivity contribution in [3.05, 3.63) is 45.7 Å². The van der Waals surface area contributed by atoms with Gasteiger partial charge < -0.3 is 30.9 Å². The van der Waals surface area contributed by atoms with Crippen molar-refractivity contribution in [2.75, 3.05) is 40.4 Å². The molecule has 4 aliphatic rings. The number of benzene rings is 1. The van der Waals surface area contributed by atoms with Gasteiger partial charge in [0.1, 0.15) is 22.8 Å². The van der Waals surface area contributed by atoms with Crippen molar-refractivity contribution in [2.24, 2.45) is 17.6 Å². The molecule has 0 bridgehead atoms. The van der Waals surface area contributed by atoms with Crippen LogP contribution >= 0.6 is 0 Å². The van der Waals surface area contributed by atoms with E-state index in [4.69, 9.17) is 10.5 Å². The Morgan fingerprint density at radius 2 is 1.86 bits per heavy atom. The Morgan fingerprint density at radius 1 is 1.19 bits per heavy atom. The van der Waals surface area contributed by atoms with Crippen molar-refractivity contribution in [3.63, 3.8) is 0 Å². The number of morpholine rings is 1. The van der Waals surface area contributed by atoms with Gasteiger partial charge in [-0.3, -0.25) is 24.2 Å². The van der Waals surface area contributed by atoms with E-state index in [9.17, 15) is 34.8 Å². The van der Waals surface area contributed by atoms with Crippen molar-refractivity contribution < 1.29 is 39.5 Å². The Bertz CT molecular complexity index is 1260. The van der Waals surface area contributed by atoms with Gasteiger partial charge in [-0.25, -0.2) is 0 Å². The zero-order chi connectivity index (χ0) is 26.8. The predicted molar refractivity (Wildman–Crippen MR) is 130 cm³/mol. The number of ketones is 2. The molecular weight excluding hydrogens is 482 g/mol. The minimum Gasteiger partial charge on any atom is -0.508 e. The number of aliphatic hydroxyl groups is 3. The van der Waals surface area contributed by atoms with Gasteiger partial charge in [0.15, 0.2) is 11.4 Å². The molecule has 1 saturated carbocycles. The third-order valence-corrected chi connectivity index (χ3v) is 8.20. The van der Waals surface area contributed by atoms with Crippen LogP contribution < -0.4 is 5.73 Å². The average Bonchev–Trinajstić information content (AvgIpc) is 2.83. The SMILES string of the molecule is CN(C)[C@H]1C(=O)C(C(N)=O)=C(O)[C@]2(O)C(=O)C3=C(O)c4c(O)ccc(CN5CCOCC5)c4C[C@@H]3C[C@H]12. The van der Waals surface area contributed by atoms with Crippen LogP contribution in [0.4, 0.5) is 0 Å². The molecule has 1 aromatic rings. The zero-order valence-corrected chi connectivity index (χ0v) is 20.7. The van der Waals surface area contributed by atoms with E-state index < -0.39 is 58.0 Å². The molecule has 1 saturated heterocycles. The molecule has 1 amide bonds. The first-order valence-corrected chi connectivity index (χ1v) is 12.3. The monoisotopic (exact) mass is 513 g/mol. The van der Waals surface area contributed by atoms with Crippen molar-refractivity contribution in [3.8, 4) is 5.75 Å². The first-order chi connectivity index (χ1) is 17.5. The lowest BCUT2D eigenvalue weighted by molar-refractivity contribution is -0.153. The van der Waals surface area contributed by atoms with Gasteiger partial charge >= 0.3 is 0 Å². The predicted octanol–water partition coefficient (Wildman–Crippen LogP) is -0.204. The Morgan fingerprint density at radius 3 is 2.49 bits per heavy atom. The molecule has 0 radical (unpaired) electrons. The minimum absolute atomic E-state index is 0.0679. The molecular formula is C26H31N3O8. The van der Waals surface area contributed by atoms with Gasteiger partial charge in [0, 0.05) is 31.1 Å². The van der Waals surface area contributed by atoms with E-state index >= 15 is 0 Å². The van der Waals surface area contributed by atoms with E-state index in [-0.39, 0.29) is 29.7 Å². The number of amides is 1. The third-order valence-electron chi connectivity index (χ3n) is 8.20. The first-order valence-electron chi connectivity index (χ1n) is 12.3. The second-order valence-electron chi connectivity index (χ2n) is 10.4. The zero-order valence-electron chi connectivity index (χ0n) is 20.7. The summed E-state index contributed by atoms with van der Waals surface area (Å²) in [5.74, 6) is -6.49. The number of phenolic OH excluding ortho intramolecular Hbond substituents is 1. The summed E-state index contributed by atoms with van der Waals surface area (Å²) in [6, 6.07) is 2.15. The fourth-order valence-electron chi connectivity index (χ4n) is 6.46. The average molecular weight is 514 g/mol. The third kappa shape index (κ3) is 3.68. The fraction of sp³-hybridized carbons (Fsp3) is 0.500. The summed E-state index contributed by atoms with van der Waals surface area (Å²) in [6.07, 6.45) is 0.348. The van der Waals surface area contributed by atoms with Gasteiger partial charge in [-0.2, -0.15) is 0 Å². The van der Waals surface area contributed by atoms with Crippen molar-refractivity contribution in [1.82, 2.24) is 9.80 Å². The van der Waals surface area contributed by atoms with Gasteiger partial charge in [0.2, 0.25) is 5.78 Å². The summed E-state index contributed by atoms with van der Waals surface area (Å²) >= 11 is 0. The highest BCUT2D eigenvalue weighted by atomic mass is 16.5. The summed E-state index contributed by atoms with van der Waals surface area (Å²) in [6.45, 7) is 3.25. The van der Waals surface area contributed by atoms with E-state index in [1.54, 1.807) is 20.2 Å². The molecule has 11 heteroatoms. The van der Waals surface area contributed by atoms with Crippen molar-refractivity contribution in [1.29, 1.82) is 0 Å². The van der Waals surface area contributed by atoms with Crippen LogP contribution in [0.5, 0.6) is 5.75 Å². The number of Topliss-reactive ketones (excluding diaryl/α,β-unsaturated/α-hetero) is 2. The van der Waals surface area contributed by atoms with Gasteiger partial charge in [-0.15, -0.1) is 0 Å². The molecule has 2 fully saturated rings. The van der Waals surface area contributed by atoms with Gasteiger partial charge in [-0.05, 0) is 50.0 Å². The topological polar surface area (TPSA) is 174 Å². The number of aromatic hydroxyl groups is 1. The van der Waals surface area contributed by atoms with Crippen LogP contribution in [0.1, 0.15) is 23.1 Å². The maximum atomic E-state index is 13.9. The summed E-state index contributed by atoms with van der Waals surface area (Å²) in [5.41, 5.74) is 3.44. The number of hydrogen-bond acceptors (Lipinski definition) is 10. The van der Waals surface area contributed by atoms with Crippen LogP contribution in [0.25, 0.3) is 5.76 Å². The highest BCUT2D eigenvalue weighted by molar-refractivity contribution is 6.24. The number of aliphatic hydroxyl groups excluding tert-OH is 2. The molecule has 5 rings (SSSR count). The molecule has 1 aliphatic heterocycles. The summed E-state index contributed by atoms with van der Waals surface area (Å²) in [7, 11) is 3.15. The number of fused-ring (bicyclic) bond motifs is 3. The maximum Gasteiger partial charge on any atom is 0.255 e. The Labute approximate surface area is 213 Å². The number of carbonyl (C=O) groups is 3. The molecule has 0 aromatic heterocycles. The van der Waals surface area contributed by atoms with Crippen LogP contribution in [-0.2, 0) is 32.1 Å². The van der Waals surface area contributed by atoms with Gasteiger partial charge in [0.05, 0.1) is 24.8 Å². The maximum absolute atomic E-state index is 13.9. The molecule has 37 heavy (non-hydrogen) atoms. The minimum atomic E-state index is -2.63. The van der Waals surface area contributed by atoms with Crippen molar-refractivity contribution >= 4 is 23.2 Å². The van der Waals surface area contributed by atoms with E-state index in [2.05, 4.69) is 4.90 Å². The van der Waals surface area contributed by atoms with E-state index in [0.717, 1.165) is 18.7 Å². The van der Waals surface area contributed by atoms with E-state index in [1.807, 2.05) is 0 Å². The lowest BCUT2D eigenvalue weighted by Crippen LogP contribution is -2.65. The number of rotatable bonds is 4. The second kappa shape index (κ2) is 8.95. The lowest BCUT2D eigenvalue weighted by Gasteiger charge is -2.50. The Balaban J connectivity index is 1.65. The summed E-state index contributed by atoms with van der Waals surface area (Å²) in [5, 5.41) is 44.5. The second-order valence-corrected chi connectivity index (χ2v) is 10.4. The number of carbonyl (C=O) groups excluding carboxylic acids is 3. The highest BCUT2D eigenvalue weighted by Gasteiger charge is 2.64. The normalized spacial score (nSPS) is 30.3. The van der Waals surface area contributed by atoms with E-state index in [1.165, 1.54) is 11.0 Å². The summed E-state index contributed by atoms with van der Waals surface area (Å²) < 4.78 is 5.42. The highest BCUT2D eigenvalue weighted by Crippen LogP contribution is 2.53. The quantitative estimate of drug-likeness (QED) is 0.339. The van der Waals surface area contributed by atoms with E-state index in [0.29, 0.717) is 25.3 Å². The Hall–Kier alpha value is -3.25. The van der Waals surface area contributed by atoms with Gasteiger partial charge in [0.25, 0.3) is 5.91 Å². The molecule has 0 spiro atoms. The molecule has 4 atom stereocenters. The van der Waals surface area contributed by atoms with Crippen LogP contribution in [-0.4, -0.2) is 99.7 Å². The molecule has 3 aliphatic carbocycles.